The lowest BCUT2D eigenvalue weighted by Crippen LogP contribution is -2.45. The third-order valence-corrected chi connectivity index (χ3v) is 3.38. The van der Waals surface area contributed by atoms with Crippen LogP contribution in [-0.4, -0.2) is 21.6 Å². The smallest absolute Gasteiger partial charge is 0.274 e. The van der Waals surface area contributed by atoms with E-state index in [0.29, 0.717) is 5.56 Å². The van der Waals surface area contributed by atoms with E-state index in [-0.39, 0.29) is 42.3 Å². The van der Waals surface area contributed by atoms with E-state index < -0.39 is 4.92 Å². The molecule has 0 unspecified atom stereocenters. The maximum Gasteiger partial charge on any atom is 0.274 e. The lowest BCUT2D eigenvalue weighted by Gasteiger charge is -2.34. The summed E-state index contributed by atoms with van der Waals surface area (Å²) in [6.07, 6.45) is 0.554. The van der Waals surface area contributed by atoms with Crippen LogP contribution >= 0.6 is 0 Å². The van der Waals surface area contributed by atoms with Gasteiger partial charge in [0.1, 0.15) is 0 Å². The summed E-state index contributed by atoms with van der Waals surface area (Å²) in [5.74, 6) is -0.547. The fourth-order valence-corrected chi connectivity index (χ4v) is 2.38. The van der Waals surface area contributed by atoms with E-state index in [0.717, 1.165) is 4.90 Å². The molecule has 6 nitrogen and oxygen atoms in total. The molecule has 0 bridgehead atoms. The minimum absolute atomic E-state index is 0.0368. The van der Waals surface area contributed by atoms with Gasteiger partial charge in [0.15, 0.2) is 0 Å². The van der Waals surface area contributed by atoms with Crippen molar-refractivity contribution in [1.29, 1.82) is 0 Å². The van der Waals surface area contributed by atoms with Gasteiger partial charge in [0.25, 0.3) is 5.69 Å². The summed E-state index contributed by atoms with van der Waals surface area (Å²) in [5.41, 5.74) is -0.0374. The molecule has 2 amide bonds. The van der Waals surface area contributed by atoms with E-state index in [2.05, 4.69) is 0 Å². The molecule has 20 heavy (non-hydrogen) atoms. The van der Waals surface area contributed by atoms with Crippen LogP contribution in [0.5, 0.6) is 0 Å². The predicted molar refractivity (Wildman–Crippen MR) is 71.7 cm³/mol. The maximum atomic E-state index is 12.0. The Morgan fingerprint density at radius 3 is 2.30 bits per heavy atom. The van der Waals surface area contributed by atoms with Crippen molar-refractivity contribution in [2.24, 2.45) is 5.41 Å². The van der Waals surface area contributed by atoms with Crippen LogP contribution in [-0.2, 0) is 16.1 Å². The van der Waals surface area contributed by atoms with E-state index in [9.17, 15) is 19.7 Å². The van der Waals surface area contributed by atoms with Crippen LogP contribution in [0.4, 0.5) is 5.69 Å². The maximum absolute atomic E-state index is 12.0. The number of nitro benzene ring substituents is 1. The average Bonchev–Trinajstić information content (AvgIpc) is 2.33. The second-order valence-corrected chi connectivity index (χ2v) is 5.78. The molecule has 2 rings (SSSR count). The number of rotatable bonds is 3. The lowest BCUT2D eigenvalue weighted by molar-refractivity contribution is -0.385. The number of piperidine rings is 1. The quantitative estimate of drug-likeness (QED) is 0.482. The molecule has 1 aliphatic rings. The third kappa shape index (κ3) is 2.84. The number of hydrogen-bond donors (Lipinski definition) is 0. The van der Waals surface area contributed by atoms with Crippen LogP contribution in [0.25, 0.3) is 0 Å². The van der Waals surface area contributed by atoms with E-state index in [1.807, 2.05) is 13.8 Å². The van der Waals surface area contributed by atoms with Gasteiger partial charge in [-0.2, -0.15) is 0 Å². The second-order valence-electron chi connectivity index (χ2n) is 5.78. The molecule has 0 spiro atoms. The molecule has 1 aliphatic heterocycles. The van der Waals surface area contributed by atoms with Gasteiger partial charge in [-0.15, -0.1) is 0 Å². The van der Waals surface area contributed by atoms with E-state index in [1.165, 1.54) is 6.07 Å². The highest BCUT2D eigenvalue weighted by Crippen LogP contribution is 2.32. The summed E-state index contributed by atoms with van der Waals surface area (Å²) >= 11 is 0. The normalized spacial score (nSPS) is 18.2. The van der Waals surface area contributed by atoms with Gasteiger partial charge in [-0.05, 0) is 5.41 Å². The van der Waals surface area contributed by atoms with Crippen molar-refractivity contribution in [3.05, 3.63) is 39.9 Å². The first kappa shape index (κ1) is 14.2. The van der Waals surface area contributed by atoms with Crippen molar-refractivity contribution in [2.75, 3.05) is 0 Å². The second kappa shape index (κ2) is 5.03. The van der Waals surface area contributed by atoms with Gasteiger partial charge >= 0.3 is 0 Å². The molecule has 6 heteroatoms. The zero-order valence-corrected chi connectivity index (χ0v) is 11.5. The topological polar surface area (TPSA) is 80.5 Å². The Morgan fingerprint density at radius 2 is 1.75 bits per heavy atom. The van der Waals surface area contributed by atoms with Crippen molar-refractivity contribution in [3.63, 3.8) is 0 Å². The van der Waals surface area contributed by atoms with Crippen LogP contribution in [0.15, 0.2) is 24.3 Å². The van der Waals surface area contributed by atoms with Crippen LogP contribution in [0.1, 0.15) is 32.3 Å². The van der Waals surface area contributed by atoms with Crippen LogP contribution in [0.2, 0.25) is 0 Å². The van der Waals surface area contributed by atoms with Crippen molar-refractivity contribution in [1.82, 2.24) is 4.90 Å². The first-order valence-electron chi connectivity index (χ1n) is 6.36. The van der Waals surface area contributed by atoms with Gasteiger partial charge in [-0.25, -0.2) is 0 Å². The molecule has 0 radical (unpaired) electrons. The first-order chi connectivity index (χ1) is 9.30. The third-order valence-electron chi connectivity index (χ3n) is 3.38. The van der Waals surface area contributed by atoms with E-state index in [4.69, 9.17) is 0 Å². The van der Waals surface area contributed by atoms with Crippen molar-refractivity contribution < 1.29 is 14.5 Å². The Morgan fingerprint density at radius 1 is 1.20 bits per heavy atom. The minimum atomic E-state index is -0.502. The minimum Gasteiger partial charge on any atom is -0.278 e. The lowest BCUT2D eigenvalue weighted by atomic mass is 9.81. The zero-order valence-electron chi connectivity index (χ0n) is 11.5. The highest BCUT2D eigenvalue weighted by atomic mass is 16.6. The van der Waals surface area contributed by atoms with Gasteiger partial charge in [-0.1, -0.05) is 32.0 Å². The summed E-state index contributed by atoms with van der Waals surface area (Å²) in [6.45, 7) is 3.70. The molecule has 1 aromatic rings. The Labute approximate surface area is 116 Å². The van der Waals surface area contributed by atoms with Crippen molar-refractivity contribution in [2.45, 2.75) is 33.2 Å². The standard InChI is InChI=1S/C14H16N2O4/c1-14(2)7-12(17)15(13(18)8-14)9-10-5-3-4-6-11(10)16(19)20/h3-6H,7-9H2,1-2H3. The average molecular weight is 276 g/mol. The number of carbonyl (C=O) groups is 2. The van der Waals surface area contributed by atoms with E-state index in [1.54, 1.807) is 18.2 Å². The van der Waals surface area contributed by atoms with Gasteiger partial charge in [0.05, 0.1) is 11.5 Å². The van der Waals surface area contributed by atoms with Crippen LogP contribution < -0.4 is 0 Å². The fourth-order valence-electron chi connectivity index (χ4n) is 2.38. The van der Waals surface area contributed by atoms with Gasteiger partial charge in [0, 0.05) is 24.5 Å². The molecule has 0 aromatic heterocycles. The Bertz CT molecular complexity index is 560. The molecule has 1 heterocycles. The Balaban J connectivity index is 2.25. The molecule has 106 valence electrons. The molecule has 1 fully saturated rings. The number of para-hydroxylation sites is 1. The van der Waals surface area contributed by atoms with E-state index >= 15 is 0 Å². The predicted octanol–water partition coefficient (Wildman–Crippen LogP) is 2.27. The molecule has 1 aromatic carbocycles. The molecule has 0 aliphatic carbocycles. The number of carbonyl (C=O) groups excluding carboxylic acids is 2. The summed E-state index contributed by atoms with van der Waals surface area (Å²) in [4.78, 5) is 35.6. The van der Waals surface area contributed by atoms with Gasteiger partial charge < -0.3 is 0 Å². The summed E-state index contributed by atoms with van der Waals surface area (Å²) in [5, 5.41) is 10.9. The molecule has 1 saturated heterocycles. The molecule has 0 N–H and O–H groups in total. The van der Waals surface area contributed by atoms with Gasteiger partial charge in [0.2, 0.25) is 11.8 Å². The van der Waals surface area contributed by atoms with Crippen LogP contribution in [0.3, 0.4) is 0 Å². The number of hydrogen-bond acceptors (Lipinski definition) is 4. The fraction of sp³-hybridized carbons (Fsp3) is 0.429. The number of imide groups is 1. The Kier molecular flexibility index (Phi) is 3.57. The molecule has 0 saturated carbocycles. The number of nitrogens with zero attached hydrogens (tertiary/aromatic N) is 2. The first-order valence-corrected chi connectivity index (χ1v) is 6.36. The number of nitro groups is 1. The van der Waals surface area contributed by atoms with Crippen LogP contribution in [0, 0.1) is 15.5 Å². The van der Waals surface area contributed by atoms with Crippen molar-refractivity contribution >= 4 is 17.5 Å². The summed E-state index contributed by atoms with van der Waals surface area (Å²) < 4.78 is 0. The zero-order chi connectivity index (χ0) is 14.9. The molecular weight excluding hydrogens is 260 g/mol. The molecule has 0 atom stereocenters. The highest BCUT2D eigenvalue weighted by Gasteiger charge is 2.37. The highest BCUT2D eigenvalue weighted by molar-refractivity contribution is 5.98. The SMILES string of the molecule is CC1(C)CC(=O)N(Cc2ccccc2[N+](=O)[O-])C(=O)C1. The largest absolute Gasteiger partial charge is 0.278 e. The Hall–Kier alpha value is -2.24. The van der Waals surface area contributed by atoms with Crippen molar-refractivity contribution in [3.8, 4) is 0 Å². The molecular formula is C14H16N2O4. The number of likely N-dealkylation sites (tertiary alicyclic amines) is 1. The van der Waals surface area contributed by atoms with Gasteiger partial charge in [-0.3, -0.25) is 24.6 Å². The monoisotopic (exact) mass is 276 g/mol. The summed E-state index contributed by atoms with van der Waals surface area (Å²) in [6, 6.07) is 6.16. The number of benzene rings is 1. The number of amides is 2. The summed E-state index contributed by atoms with van der Waals surface area (Å²) in [7, 11) is 0.